The van der Waals surface area contributed by atoms with E-state index in [1.165, 1.54) is 29.2 Å². The molecule has 1 N–H and O–H groups in total. The minimum absolute atomic E-state index is 0.0272. The monoisotopic (exact) mass is 473 g/mol. The Hall–Kier alpha value is -3.93. The van der Waals surface area contributed by atoms with E-state index in [-0.39, 0.29) is 23.4 Å². The van der Waals surface area contributed by atoms with E-state index >= 15 is 0 Å². The second-order valence-electron chi connectivity index (χ2n) is 8.55. The smallest absolute Gasteiger partial charge is 0.295 e. The number of aliphatic hydroxyl groups excluding tert-OH is 1. The molecule has 0 saturated carbocycles. The molecule has 5 nitrogen and oxygen atoms in total. The third kappa shape index (κ3) is 5.43. The Balaban J connectivity index is 1.77. The summed E-state index contributed by atoms with van der Waals surface area (Å²) in [5.41, 5.74) is 1.74. The van der Waals surface area contributed by atoms with Crippen LogP contribution in [0.3, 0.4) is 0 Å². The lowest BCUT2D eigenvalue weighted by Crippen LogP contribution is -2.29. The van der Waals surface area contributed by atoms with Crippen molar-refractivity contribution in [1.29, 1.82) is 0 Å². The predicted molar refractivity (Wildman–Crippen MR) is 132 cm³/mol. The van der Waals surface area contributed by atoms with Crippen LogP contribution in [0.25, 0.3) is 5.76 Å². The topological polar surface area (TPSA) is 66.8 Å². The highest BCUT2D eigenvalue weighted by atomic mass is 19.1. The van der Waals surface area contributed by atoms with Gasteiger partial charge in [-0.15, -0.1) is 0 Å². The quantitative estimate of drug-likeness (QED) is 0.179. The molecule has 1 aliphatic heterocycles. The summed E-state index contributed by atoms with van der Waals surface area (Å²) in [6.45, 7) is 2.88. The number of nitrogens with zero attached hydrogens (tertiary/aromatic N) is 1. The predicted octanol–water partition coefficient (Wildman–Crippen LogP) is 6.02. The zero-order chi connectivity index (χ0) is 24.8. The molecular weight excluding hydrogens is 445 g/mol. The van der Waals surface area contributed by atoms with Gasteiger partial charge in [0.25, 0.3) is 11.7 Å². The van der Waals surface area contributed by atoms with Crippen LogP contribution in [-0.4, -0.2) is 28.3 Å². The Morgan fingerprint density at radius 3 is 2.43 bits per heavy atom. The Morgan fingerprint density at radius 2 is 1.71 bits per heavy atom. The van der Waals surface area contributed by atoms with Gasteiger partial charge in [0.15, 0.2) is 0 Å². The van der Waals surface area contributed by atoms with Crippen molar-refractivity contribution in [3.05, 3.63) is 107 Å². The molecule has 6 heteroatoms. The number of ketones is 1. The molecule has 1 saturated heterocycles. The van der Waals surface area contributed by atoms with E-state index in [0.29, 0.717) is 17.9 Å². The minimum Gasteiger partial charge on any atom is -0.507 e. The van der Waals surface area contributed by atoms with Crippen LogP contribution in [-0.2, 0) is 16.1 Å². The van der Waals surface area contributed by atoms with Crippen molar-refractivity contribution in [2.24, 2.45) is 0 Å². The van der Waals surface area contributed by atoms with Crippen molar-refractivity contribution in [3.8, 4) is 5.75 Å². The maximum absolute atomic E-state index is 13.5. The fraction of sp³-hybridized carbons (Fsp3) is 0.241. The van der Waals surface area contributed by atoms with Crippen LogP contribution in [0.15, 0.2) is 84.4 Å². The van der Waals surface area contributed by atoms with Crippen molar-refractivity contribution in [1.82, 2.24) is 4.90 Å². The standard InChI is InChI=1S/C29H28FNO4/c1-2-3-7-17-35-24-12-8-11-22(18-24)26-25(27(32)21-13-15-23(30)16-14-21)28(33)29(34)31(26)19-20-9-5-4-6-10-20/h4-6,8-16,18,26,32H,2-3,7,17,19H2,1H3. The second kappa shape index (κ2) is 11.0. The summed E-state index contributed by atoms with van der Waals surface area (Å²) in [6, 6.07) is 21.0. The molecule has 1 fully saturated rings. The van der Waals surface area contributed by atoms with E-state index in [0.717, 1.165) is 24.8 Å². The lowest BCUT2D eigenvalue weighted by atomic mass is 9.95. The average Bonchev–Trinajstić information content (AvgIpc) is 3.12. The largest absolute Gasteiger partial charge is 0.507 e. The number of aliphatic hydroxyl groups is 1. The summed E-state index contributed by atoms with van der Waals surface area (Å²) in [5.74, 6) is -1.64. The van der Waals surface area contributed by atoms with Gasteiger partial charge < -0.3 is 14.7 Å². The van der Waals surface area contributed by atoms with Gasteiger partial charge in [-0.2, -0.15) is 0 Å². The lowest BCUT2D eigenvalue weighted by molar-refractivity contribution is -0.140. The molecule has 180 valence electrons. The number of benzene rings is 3. The van der Waals surface area contributed by atoms with E-state index in [1.807, 2.05) is 48.5 Å². The number of rotatable bonds is 9. The summed E-state index contributed by atoms with van der Waals surface area (Å²) in [7, 11) is 0. The number of unbranched alkanes of at least 4 members (excludes halogenated alkanes) is 2. The van der Waals surface area contributed by atoms with Crippen LogP contribution < -0.4 is 4.74 Å². The Kier molecular flexibility index (Phi) is 7.60. The number of Topliss-reactive ketones (excluding diaryl/α,β-unsaturated/α-hetero) is 1. The highest BCUT2D eigenvalue weighted by Crippen LogP contribution is 2.41. The van der Waals surface area contributed by atoms with Gasteiger partial charge in [-0.1, -0.05) is 62.2 Å². The number of hydrogen-bond acceptors (Lipinski definition) is 4. The number of carbonyl (C=O) groups excluding carboxylic acids is 2. The van der Waals surface area contributed by atoms with Crippen molar-refractivity contribution < 1.29 is 23.8 Å². The Morgan fingerprint density at radius 1 is 0.971 bits per heavy atom. The van der Waals surface area contributed by atoms with Gasteiger partial charge in [0.1, 0.15) is 17.3 Å². The van der Waals surface area contributed by atoms with Gasteiger partial charge in [-0.25, -0.2) is 4.39 Å². The van der Waals surface area contributed by atoms with Gasteiger partial charge >= 0.3 is 0 Å². The number of ether oxygens (including phenoxy) is 1. The van der Waals surface area contributed by atoms with Crippen molar-refractivity contribution >= 4 is 17.4 Å². The first-order chi connectivity index (χ1) is 17.0. The normalized spacial score (nSPS) is 17.1. The maximum atomic E-state index is 13.5. The number of carbonyl (C=O) groups is 2. The number of hydrogen-bond donors (Lipinski definition) is 1. The van der Waals surface area contributed by atoms with Crippen molar-refractivity contribution in [2.45, 2.75) is 38.8 Å². The van der Waals surface area contributed by atoms with E-state index in [2.05, 4.69) is 6.92 Å². The van der Waals surface area contributed by atoms with Gasteiger partial charge in [-0.3, -0.25) is 9.59 Å². The molecule has 0 aromatic heterocycles. The van der Waals surface area contributed by atoms with Crippen LogP contribution in [0.1, 0.15) is 48.9 Å². The highest BCUT2D eigenvalue weighted by Gasteiger charge is 2.46. The van der Waals surface area contributed by atoms with Crippen molar-refractivity contribution in [3.63, 3.8) is 0 Å². The molecule has 3 aromatic carbocycles. The van der Waals surface area contributed by atoms with Crippen molar-refractivity contribution in [2.75, 3.05) is 6.61 Å². The highest BCUT2D eigenvalue weighted by molar-refractivity contribution is 6.46. The lowest BCUT2D eigenvalue weighted by Gasteiger charge is -2.26. The van der Waals surface area contributed by atoms with Crippen LogP contribution >= 0.6 is 0 Å². The third-order valence-electron chi connectivity index (χ3n) is 6.04. The summed E-state index contributed by atoms with van der Waals surface area (Å²) in [4.78, 5) is 27.8. The summed E-state index contributed by atoms with van der Waals surface area (Å²) in [6.07, 6.45) is 3.08. The number of halogens is 1. The zero-order valence-electron chi connectivity index (χ0n) is 19.6. The molecule has 0 aliphatic carbocycles. The molecular formula is C29H28FNO4. The summed E-state index contributed by atoms with van der Waals surface area (Å²) >= 11 is 0. The van der Waals surface area contributed by atoms with Gasteiger partial charge in [0.05, 0.1) is 18.2 Å². The molecule has 1 amide bonds. The SMILES string of the molecule is CCCCCOc1cccc(C2C(=C(O)c3ccc(F)cc3)C(=O)C(=O)N2Cc2ccccc2)c1. The number of likely N-dealkylation sites (tertiary alicyclic amines) is 1. The maximum Gasteiger partial charge on any atom is 0.295 e. The van der Waals surface area contributed by atoms with Crippen LogP contribution in [0.4, 0.5) is 4.39 Å². The fourth-order valence-corrected chi connectivity index (χ4v) is 4.25. The molecule has 3 aromatic rings. The molecule has 0 spiro atoms. The number of amides is 1. The first-order valence-corrected chi connectivity index (χ1v) is 11.8. The Labute approximate surface area is 204 Å². The van der Waals surface area contributed by atoms with E-state index in [1.54, 1.807) is 6.07 Å². The molecule has 4 rings (SSSR count). The first kappa shape index (κ1) is 24.2. The second-order valence-corrected chi connectivity index (χ2v) is 8.55. The molecule has 1 heterocycles. The van der Waals surface area contributed by atoms with Gasteiger partial charge in [0.2, 0.25) is 0 Å². The van der Waals surface area contributed by atoms with Gasteiger partial charge in [-0.05, 0) is 53.9 Å². The zero-order valence-corrected chi connectivity index (χ0v) is 19.6. The average molecular weight is 474 g/mol. The molecule has 0 bridgehead atoms. The third-order valence-corrected chi connectivity index (χ3v) is 6.04. The first-order valence-electron chi connectivity index (χ1n) is 11.8. The molecule has 0 radical (unpaired) electrons. The van der Waals surface area contributed by atoms with Crippen LogP contribution in [0.5, 0.6) is 5.75 Å². The molecule has 1 unspecified atom stereocenters. The minimum atomic E-state index is -0.820. The van der Waals surface area contributed by atoms with Crippen LogP contribution in [0.2, 0.25) is 0 Å². The summed E-state index contributed by atoms with van der Waals surface area (Å²) in [5, 5.41) is 11.1. The van der Waals surface area contributed by atoms with Crippen LogP contribution in [0, 0.1) is 5.82 Å². The van der Waals surface area contributed by atoms with E-state index < -0.39 is 23.5 Å². The van der Waals surface area contributed by atoms with E-state index in [4.69, 9.17) is 4.74 Å². The van der Waals surface area contributed by atoms with Gasteiger partial charge in [0, 0.05) is 12.1 Å². The fourth-order valence-electron chi connectivity index (χ4n) is 4.25. The molecule has 1 aliphatic rings. The molecule has 1 atom stereocenters. The molecule has 35 heavy (non-hydrogen) atoms. The summed E-state index contributed by atoms with van der Waals surface area (Å²) < 4.78 is 19.4. The Bertz CT molecular complexity index is 1220. The van der Waals surface area contributed by atoms with E-state index in [9.17, 15) is 19.1 Å².